The van der Waals surface area contributed by atoms with Crippen molar-refractivity contribution in [2.45, 2.75) is 39.0 Å². The van der Waals surface area contributed by atoms with Gasteiger partial charge in [0.2, 0.25) is 0 Å². The molecule has 4 rings (SSSR count). The van der Waals surface area contributed by atoms with Gasteiger partial charge in [-0.15, -0.1) is 0 Å². The van der Waals surface area contributed by atoms with Crippen LogP contribution in [0.4, 0.5) is 0 Å². The summed E-state index contributed by atoms with van der Waals surface area (Å²) >= 11 is 0. The van der Waals surface area contributed by atoms with Gasteiger partial charge in [-0.05, 0) is 31.6 Å². The molecule has 4 nitrogen and oxygen atoms in total. The molecule has 0 radical (unpaired) electrons. The van der Waals surface area contributed by atoms with Crippen LogP contribution in [0.1, 0.15) is 48.2 Å². The summed E-state index contributed by atoms with van der Waals surface area (Å²) in [5.74, 6) is 2.19. The number of fused-ring (bicyclic) bond motifs is 1. The Morgan fingerprint density at radius 3 is 2.67 bits per heavy atom. The number of nitrogens with zero attached hydrogens (tertiary/aromatic N) is 2. The second-order valence-electron chi connectivity index (χ2n) is 7.17. The largest absolute Gasteiger partial charge is 0.360 e. The molecule has 2 aliphatic rings. The molecule has 2 heterocycles. The Hall–Kier alpha value is -2.10. The Kier molecular flexibility index (Phi) is 4.13. The quantitative estimate of drug-likeness (QED) is 0.827. The molecule has 24 heavy (non-hydrogen) atoms. The Balaban J connectivity index is 1.60. The summed E-state index contributed by atoms with van der Waals surface area (Å²) < 4.78 is 5.37. The van der Waals surface area contributed by atoms with Crippen molar-refractivity contribution in [2.75, 3.05) is 13.1 Å². The average Bonchev–Trinajstić information content (AvgIpc) is 3.03. The number of carbonyl (C=O) groups is 1. The maximum Gasteiger partial charge on any atom is 0.259 e. The van der Waals surface area contributed by atoms with Gasteiger partial charge in [0, 0.05) is 18.7 Å². The Morgan fingerprint density at radius 2 is 1.88 bits per heavy atom. The topological polar surface area (TPSA) is 46.3 Å². The number of rotatable bonds is 2. The molecule has 0 N–H and O–H groups in total. The van der Waals surface area contributed by atoms with Gasteiger partial charge in [0.25, 0.3) is 5.91 Å². The van der Waals surface area contributed by atoms with Gasteiger partial charge in [-0.1, -0.05) is 54.8 Å². The van der Waals surface area contributed by atoms with Crippen LogP contribution in [0.15, 0.2) is 34.9 Å². The fourth-order valence-corrected chi connectivity index (χ4v) is 4.36. The monoisotopic (exact) mass is 324 g/mol. The van der Waals surface area contributed by atoms with Gasteiger partial charge in [0.1, 0.15) is 17.0 Å². The highest BCUT2D eigenvalue weighted by Crippen LogP contribution is 2.37. The minimum Gasteiger partial charge on any atom is -0.360 e. The summed E-state index contributed by atoms with van der Waals surface area (Å²) in [6.45, 7) is 3.58. The van der Waals surface area contributed by atoms with Crippen molar-refractivity contribution in [3.8, 4) is 11.3 Å². The standard InChI is InChI=1S/C20H24N2O2/c1-14-18(19(21-24-14)16-8-3-2-4-9-16)20(23)22-12-11-15-7-5-6-10-17(15)13-22/h2-4,8-9,15,17H,5-7,10-13H2,1H3/t15-,17-/m1/s1. The lowest BCUT2D eigenvalue weighted by atomic mass is 9.75. The molecule has 1 aliphatic heterocycles. The minimum absolute atomic E-state index is 0.0802. The third-order valence-electron chi connectivity index (χ3n) is 5.70. The maximum absolute atomic E-state index is 13.2. The average molecular weight is 324 g/mol. The Morgan fingerprint density at radius 1 is 1.12 bits per heavy atom. The van der Waals surface area contributed by atoms with E-state index in [1.165, 1.54) is 25.7 Å². The van der Waals surface area contributed by atoms with Crippen molar-refractivity contribution < 1.29 is 9.32 Å². The first-order valence-corrected chi connectivity index (χ1v) is 9.05. The zero-order valence-electron chi connectivity index (χ0n) is 14.2. The van der Waals surface area contributed by atoms with E-state index in [1.807, 2.05) is 42.2 Å². The summed E-state index contributed by atoms with van der Waals surface area (Å²) in [6.07, 6.45) is 6.42. The predicted molar refractivity (Wildman–Crippen MR) is 92.6 cm³/mol. The molecule has 0 bridgehead atoms. The number of hydrogen-bond acceptors (Lipinski definition) is 3. The summed E-state index contributed by atoms with van der Waals surface area (Å²) in [7, 11) is 0. The van der Waals surface area contributed by atoms with Crippen molar-refractivity contribution in [3.63, 3.8) is 0 Å². The molecule has 1 saturated carbocycles. The number of aromatic nitrogens is 1. The lowest BCUT2D eigenvalue weighted by Gasteiger charge is -2.41. The van der Waals surface area contributed by atoms with Gasteiger partial charge < -0.3 is 9.42 Å². The zero-order valence-corrected chi connectivity index (χ0v) is 14.2. The third-order valence-corrected chi connectivity index (χ3v) is 5.70. The summed E-state index contributed by atoms with van der Waals surface area (Å²) in [4.78, 5) is 15.2. The summed E-state index contributed by atoms with van der Waals surface area (Å²) in [5.41, 5.74) is 2.24. The van der Waals surface area contributed by atoms with E-state index in [4.69, 9.17) is 4.52 Å². The van der Waals surface area contributed by atoms with Crippen molar-refractivity contribution in [2.24, 2.45) is 11.8 Å². The molecule has 2 fully saturated rings. The first-order chi connectivity index (χ1) is 11.7. The number of piperidine rings is 1. The Labute approximate surface area is 142 Å². The summed E-state index contributed by atoms with van der Waals surface area (Å²) in [6, 6.07) is 9.83. The van der Waals surface area contributed by atoms with E-state index in [2.05, 4.69) is 5.16 Å². The molecule has 2 atom stereocenters. The fraction of sp³-hybridized carbons (Fsp3) is 0.500. The molecule has 0 unspecified atom stereocenters. The maximum atomic E-state index is 13.2. The molecule has 4 heteroatoms. The van der Waals surface area contributed by atoms with Crippen LogP contribution in [-0.2, 0) is 0 Å². The highest BCUT2D eigenvalue weighted by atomic mass is 16.5. The molecule has 126 valence electrons. The number of hydrogen-bond donors (Lipinski definition) is 0. The molecule has 0 spiro atoms. The van der Waals surface area contributed by atoms with E-state index in [-0.39, 0.29) is 5.91 Å². The SMILES string of the molecule is Cc1onc(-c2ccccc2)c1C(=O)N1CC[C@H]2CCCC[C@@H]2C1. The van der Waals surface area contributed by atoms with Crippen LogP contribution in [0.5, 0.6) is 0 Å². The van der Waals surface area contributed by atoms with Gasteiger partial charge in [-0.2, -0.15) is 0 Å². The van der Waals surface area contributed by atoms with Crippen LogP contribution in [-0.4, -0.2) is 29.1 Å². The molecule has 1 aromatic carbocycles. The summed E-state index contributed by atoms with van der Waals surface area (Å²) in [5, 5.41) is 4.16. The van der Waals surface area contributed by atoms with Gasteiger partial charge in [0.15, 0.2) is 0 Å². The Bertz CT molecular complexity index is 722. The lowest BCUT2D eigenvalue weighted by Crippen LogP contribution is -2.45. The number of benzene rings is 1. The molecular weight excluding hydrogens is 300 g/mol. The van der Waals surface area contributed by atoms with Crippen LogP contribution in [0.25, 0.3) is 11.3 Å². The number of carbonyl (C=O) groups excluding carboxylic acids is 1. The van der Waals surface area contributed by atoms with Crippen molar-refractivity contribution in [1.82, 2.24) is 10.1 Å². The number of likely N-dealkylation sites (tertiary alicyclic amines) is 1. The van der Waals surface area contributed by atoms with E-state index in [0.717, 1.165) is 31.0 Å². The highest BCUT2D eigenvalue weighted by molar-refractivity contribution is 6.00. The normalized spacial score (nSPS) is 23.8. The fourth-order valence-electron chi connectivity index (χ4n) is 4.36. The van der Waals surface area contributed by atoms with E-state index < -0.39 is 0 Å². The second-order valence-corrected chi connectivity index (χ2v) is 7.17. The van der Waals surface area contributed by atoms with Gasteiger partial charge in [-0.3, -0.25) is 4.79 Å². The smallest absolute Gasteiger partial charge is 0.259 e. The van der Waals surface area contributed by atoms with Crippen LogP contribution < -0.4 is 0 Å². The number of aryl methyl sites for hydroxylation is 1. The molecular formula is C20H24N2O2. The second kappa shape index (κ2) is 6.42. The van der Waals surface area contributed by atoms with Gasteiger partial charge >= 0.3 is 0 Å². The molecule has 1 amide bonds. The first kappa shape index (κ1) is 15.4. The van der Waals surface area contributed by atoms with Gasteiger partial charge in [-0.25, -0.2) is 0 Å². The van der Waals surface area contributed by atoms with Crippen molar-refractivity contribution in [3.05, 3.63) is 41.7 Å². The van der Waals surface area contributed by atoms with Gasteiger partial charge in [0.05, 0.1) is 0 Å². The molecule has 2 aromatic rings. The van der Waals surface area contributed by atoms with Crippen LogP contribution in [0.3, 0.4) is 0 Å². The highest BCUT2D eigenvalue weighted by Gasteiger charge is 2.35. The third kappa shape index (κ3) is 2.74. The van der Waals surface area contributed by atoms with Crippen molar-refractivity contribution >= 4 is 5.91 Å². The predicted octanol–water partition coefficient (Wildman–Crippen LogP) is 4.30. The van der Waals surface area contributed by atoms with Crippen molar-refractivity contribution in [1.29, 1.82) is 0 Å². The zero-order chi connectivity index (χ0) is 16.5. The van der Waals surface area contributed by atoms with E-state index in [9.17, 15) is 4.79 Å². The molecule has 1 aliphatic carbocycles. The van der Waals surface area contributed by atoms with E-state index in [1.54, 1.807) is 0 Å². The van der Waals surface area contributed by atoms with Crippen LogP contribution in [0, 0.1) is 18.8 Å². The minimum atomic E-state index is 0.0802. The number of amides is 1. The first-order valence-electron chi connectivity index (χ1n) is 9.05. The van der Waals surface area contributed by atoms with E-state index >= 15 is 0 Å². The van der Waals surface area contributed by atoms with Crippen LogP contribution >= 0.6 is 0 Å². The molecule has 1 aromatic heterocycles. The molecule has 1 saturated heterocycles. The van der Waals surface area contributed by atoms with Crippen LogP contribution in [0.2, 0.25) is 0 Å². The lowest BCUT2D eigenvalue weighted by molar-refractivity contribution is 0.0520. The van der Waals surface area contributed by atoms with E-state index in [0.29, 0.717) is 22.9 Å².